The van der Waals surface area contributed by atoms with Crippen LogP contribution >= 0.6 is 0 Å². The minimum Gasteiger partial charge on any atom is -0.384 e. The highest BCUT2D eigenvalue weighted by Gasteiger charge is 2.22. The van der Waals surface area contributed by atoms with Gasteiger partial charge in [0.05, 0.1) is 11.9 Å². The van der Waals surface area contributed by atoms with Crippen LogP contribution in [0.5, 0.6) is 0 Å². The molecule has 1 aromatic heterocycles. The lowest BCUT2D eigenvalue weighted by Gasteiger charge is -2.36. The second kappa shape index (κ2) is 5.85. The maximum Gasteiger partial charge on any atom is 0.125 e. The molecule has 0 saturated heterocycles. The molecule has 1 heterocycles. The smallest absolute Gasteiger partial charge is 0.125 e. The zero-order valence-electron chi connectivity index (χ0n) is 11.0. The summed E-state index contributed by atoms with van der Waals surface area (Å²) in [7, 11) is 0. The van der Waals surface area contributed by atoms with Gasteiger partial charge in [0.25, 0.3) is 0 Å². The van der Waals surface area contributed by atoms with E-state index in [1.54, 1.807) is 6.20 Å². The lowest BCUT2D eigenvalue weighted by atomic mass is 9.93. The first-order valence-corrected chi connectivity index (χ1v) is 6.79. The lowest BCUT2D eigenvalue weighted by molar-refractivity contribution is 0.418. The number of hydrogen-bond donors (Lipinski definition) is 2. The highest BCUT2D eigenvalue weighted by Crippen LogP contribution is 2.28. The predicted molar refractivity (Wildman–Crippen MR) is 75.1 cm³/mol. The van der Waals surface area contributed by atoms with Crippen LogP contribution in [0.1, 0.15) is 44.6 Å². The summed E-state index contributed by atoms with van der Waals surface area (Å²) in [6, 6.07) is 2.41. The Morgan fingerprint density at radius 2 is 2.17 bits per heavy atom. The van der Waals surface area contributed by atoms with E-state index in [2.05, 4.69) is 16.8 Å². The molecule has 0 atom stereocenters. The zero-order valence-corrected chi connectivity index (χ0v) is 11.0. The van der Waals surface area contributed by atoms with Crippen molar-refractivity contribution in [3.05, 3.63) is 24.0 Å². The molecule has 0 bridgehead atoms. The first kappa shape index (κ1) is 12.9. The van der Waals surface area contributed by atoms with E-state index >= 15 is 0 Å². The molecule has 4 nitrogen and oxygen atoms in total. The Labute approximate surface area is 109 Å². The molecule has 1 aliphatic carbocycles. The summed E-state index contributed by atoms with van der Waals surface area (Å²) in [6.45, 7) is 3.10. The van der Waals surface area contributed by atoms with Gasteiger partial charge in [-0.3, -0.25) is 10.4 Å². The number of anilines is 1. The molecular weight excluding hydrogens is 224 g/mol. The Kier molecular flexibility index (Phi) is 4.18. The van der Waals surface area contributed by atoms with Crippen molar-refractivity contribution >= 4 is 11.5 Å². The summed E-state index contributed by atoms with van der Waals surface area (Å²) in [5.41, 5.74) is 7.48. The van der Waals surface area contributed by atoms with Crippen LogP contribution in [0.15, 0.2) is 18.5 Å². The van der Waals surface area contributed by atoms with Gasteiger partial charge < -0.3 is 10.6 Å². The molecule has 0 amide bonds. The Hall–Kier alpha value is -1.58. The maximum atomic E-state index is 7.68. The van der Waals surface area contributed by atoms with Gasteiger partial charge in [-0.05, 0) is 25.8 Å². The molecule has 1 saturated carbocycles. The zero-order chi connectivity index (χ0) is 13.0. The number of rotatable bonds is 4. The molecule has 0 aromatic carbocycles. The van der Waals surface area contributed by atoms with Gasteiger partial charge in [0.2, 0.25) is 0 Å². The Bertz CT molecular complexity index is 410. The summed E-state index contributed by atoms with van der Waals surface area (Å²) >= 11 is 0. The molecule has 98 valence electrons. The van der Waals surface area contributed by atoms with Gasteiger partial charge in [-0.25, -0.2) is 0 Å². The molecule has 18 heavy (non-hydrogen) atoms. The van der Waals surface area contributed by atoms with E-state index in [4.69, 9.17) is 11.1 Å². The van der Waals surface area contributed by atoms with Crippen LogP contribution in [-0.4, -0.2) is 23.4 Å². The highest BCUT2D eigenvalue weighted by atomic mass is 15.2. The van der Waals surface area contributed by atoms with Crippen LogP contribution < -0.4 is 10.6 Å². The van der Waals surface area contributed by atoms with Crippen molar-refractivity contribution in [1.29, 1.82) is 5.41 Å². The minimum atomic E-state index is 0.127. The van der Waals surface area contributed by atoms with Crippen LogP contribution in [0.4, 0.5) is 5.69 Å². The monoisotopic (exact) mass is 246 g/mol. The normalized spacial score (nSPS) is 16.5. The van der Waals surface area contributed by atoms with E-state index < -0.39 is 0 Å². The van der Waals surface area contributed by atoms with E-state index in [1.807, 2.05) is 12.3 Å². The van der Waals surface area contributed by atoms with Crippen molar-refractivity contribution in [1.82, 2.24) is 4.98 Å². The van der Waals surface area contributed by atoms with Crippen LogP contribution in [0.2, 0.25) is 0 Å². The molecule has 0 spiro atoms. The van der Waals surface area contributed by atoms with Gasteiger partial charge in [-0.1, -0.05) is 19.3 Å². The average Bonchev–Trinajstić information content (AvgIpc) is 2.41. The average molecular weight is 246 g/mol. The number of pyridine rings is 1. The summed E-state index contributed by atoms with van der Waals surface area (Å²) in [6.07, 6.45) is 9.97. The van der Waals surface area contributed by atoms with Gasteiger partial charge >= 0.3 is 0 Å². The third-order valence-electron chi connectivity index (χ3n) is 3.76. The number of nitrogens with two attached hydrogens (primary N) is 1. The van der Waals surface area contributed by atoms with Gasteiger partial charge in [-0.15, -0.1) is 0 Å². The van der Waals surface area contributed by atoms with E-state index in [-0.39, 0.29) is 5.84 Å². The van der Waals surface area contributed by atoms with E-state index in [0.717, 1.165) is 17.8 Å². The first-order chi connectivity index (χ1) is 8.74. The van der Waals surface area contributed by atoms with Gasteiger partial charge in [0.1, 0.15) is 5.84 Å². The van der Waals surface area contributed by atoms with Crippen molar-refractivity contribution in [2.24, 2.45) is 5.73 Å². The molecular formula is C14H22N4. The summed E-state index contributed by atoms with van der Waals surface area (Å²) < 4.78 is 0. The standard InChI is InChI=1S/C14H22N4/c1-2-18(11-6-4-3-5-7-11)13-10-17-9-8-12(13)14(15)16/h8-11H,2-7H2,1H3,(H3,15,16). The number of nitrogens with one attached hydrogen (secondary N) is 1. The topological polar surface area (TPSA) is 66.0 Å². The predicted octanol–water partition coefficient (Wildman–Crippen LogP) is 2.52. The summed E-state index contributed by atoms with van der Waals surface area (Å²) in [5.74, 6) is 0.127. The molecule has 0 aliphatic heterocycles. The maximum absolute atomic E-state index is 7.68. The van der Waals surface area contributed by atoms with E-state index in [9.17, 15) is 0 Å². The molecule has 2 rings (SSSR count). The van der Waals surface area contributed by atoms with Crippen LogP contribution in [0.25, 0.3) is 0 Å². The fourth-order valence-corrected chi connectivity index (χ4v) is 2.86. The Morgan fingerprint density at radius 3 is 2.78 bits per heavy atom. The molecule has 3 N–H and O–H groups in total. The second-order valence-electron chi connectivity index (χ2n) is 4.88. The minimum absolute atomic E-state index is 0.127. The van der Waals surface area contributed by atoms with Crippen molar-refractivity contribution in [2.45, 2.75) is 45.1 Å². The SMILES string of the molecule is CCN(c1cnccc1C(=N)N)C1CCCCC1. The molecule has 0 radical (unpaired) electrons. The molecule has 0 unspecified atom stereocenters. The largest absolute Gasteiger partial charge is 0.384 e. The van der Waals surface area contributed by atoms with Crippen molar-refractivity contribution < 1.29 is 0 Å². The molecule has 1 fully saturated rings. The number of amidine groups is 1. The third-order valence-corrected chi connectivity index (χ3v) is 3.76. The first-order valence-electron chi connectivity index (χ1n) is 6.79. The summed E-state index contributed by atoms with van der Waals surface area (Å²) in [4.78, 5) is 6.56. The number of aromatic nitrogens is 1. The highest BCUT2D eigenvalue weighted by molar-refractivity contribution is 6.00. The van der Waals surface area contributed by atoms with Crippen LogP contribution in [0.3, 0.4) is 0 Å². The lowest BCUT2D eigenvalue weighted by Crippen LogP contribution is -2.38. The quantitative estimate of drug-likeness (QED) is 0.633. The van der Waals surface area contributed by atoms with Crippen molar-refractivity contribution in [3.8, 4) is 0 Å². The fraction of sp³-hybridized carbons (Fsp3) is 0.571. The number of nitrogens with zero attached hydrogens (tertiary/aromatic N) is 2. The third kappa shape index (κ3) is 2.63. The van der Waals surface area contributed by atoms with Crippen molar-refractivity contribution in [3.63, 3.8) is 0 Å². The second-order valence-corrected chi connectivity index (χ2v) is 4.88. The van der Waals surface area contributed by atoms with Gasteiger partial charge in [0, 0.05) is 24.3 Å². The van der Waals surface area contributed by atoms with E-state index in [1.165, 1.54) is 32.1 Å². The van der Waals surface area contributed by atoms with Crippen LogP contribution in [-0.2, 0) is 0 Å². The fourth-order valence-electron chi connectivity index (χ4n) is 2.86. The van der Waals surface area contributed by atoms with E-state index in [0.29, 0.717) is 6.04 Å². The number of nitrogen functional groups attached to an aromatic ring is 1. The summed E-state index contributed by atoms with van der Waals surface area (Å²) in [5, 5.41) is 7.68. The molecule has 1 aromatic rings. The Morgan fingerprint density at radius 1 is 1.44 bits per heavy atom. The molecule has 1 aliphatic rings. The van der Waals surface area contributed by atoms with Gasteiger partial charge in [-0.2, -0.15) is 0 Å². The van der Waals surface area contributed by atoms with Gasteiger partial charge in [0.15, 0.2) is 0 Å². The molecule has 4 heteroatoms. The van der Waals surface area contributed by atoms with Crippen LogP contribution in [0, 0.1) is 5.41 Å². The van der Waals surface area contributed by atoms with Crippen molar-refractivity contribution in [2.75, 3.05) is 11.4 Å². The number of hydrogen-bond acceptors (Lipinski definition) is 3. The Balaban J connectivity index is 2.28.